The van der Waals surface area contributed by atoms with Gasteiger partial charge in [-0.3, -0.25) is 0 Å². The molecule has 1 aromatic heterocycles. The lowest BCUT2D eigenvalue weighted by Gasteiger charge is -2.39. The van der Waals surface area contributed by atoms with Crippen molar-refractivity contribution in [3.8, 4) is 5.88 Å². The van der Waals surface area contributed by atoms with E-state index in [2.05, 4.69) is 24.1 Å². The third kappa shape index (κ3) is 1.54. The molecule has 0 aromatic carbocycles. The Morgan fingerprint density at radius 1 is 1.69 bits per heavy atom. The minimum Gasteiger partial charge on any atom is -0.469 e. The molecule has 72 valence electrons. The standard InChI is InChI=1S/C9H15N3O/c1-3-12-7-10-4-8(12)13-9(2)5-11-6-9/h4,7,11H,3,5-6H2,1-2H3. The highest BCUT2D eigenvalue weighted by Crippen LogP contribution is 2.20. The molecule has 1 aromatic rings. The predicted octanol–water partition coefficient (Wildman–Crippen LogP) is 0.644. The number of nitrogens with zero attached hydrogens (tertiary/aromatic N) is 2. The third-order valence-corrected chi connectivity index (χ3v) is 2.36. The van der Waals surface area contributed by atoms with Crippen LogP contribution in [0.3, 0.4) is 0 Å². The molecule has 0 atom stereocenters. The van der Waals surface area contributed by atoms with Crippen molar-refractivity contribution in [1.82, 2.24) is 14.9 Å². The van der Waals surface area contributed by atoms with E-state index in [-0.39, 0.29) is 5.60 Å². The van der Waals surface area contributed by atoms with E-state index in [1.165, 1.54) is 0 Å². The molecule has 13 heavy (non-hydrogen) atoms. The molecule has 1 aliphatic heterocycles. The third-order valence-electron chi connectivity index (χ3n) is 2.36. The Kier molecular flexibility index (Phi) is 2.00. The predicted molar refractivity (Wildman–Crippen MR) is 49.8 cm³/mol. The van der Waals surface area contributed by atoms with Crippen LogP contribution in [-0.2, 0) is 6.54 Å². The number of imidazole rings is 1. The van der Waals surface area contributed by atoms with Crippen molar-refractivity contribution in [3.05, 3.63) is 12.5 Å². The smallest absolute Gasteiger partial charge is 0.214 e. The lowest BCUT2D eigenvalue weighted by Crippen LogP contribution is -2.61. The maximum atomic E-state index is 5.84. The lowest BCUT2D eigenvalue weighted by atomic mass is 10.0. The van der Waals surface area contributed by atoms with Crippen molar-refractivity contribution >= 4 is 0 Å². The lowest BCUT2D eigenvalue weighted by molar-refractivity contribution is 0.0269. The minimum absolute atomic E-state index is 0.0348. The van der Waals surface area contributed by atoms with E-state index < -0.39 is 0 Å². The molecule has 4 heteroatoms. The zero-order valence-electron chi connectivity index (χ0n) is 8.08. The summed E-state index contributed by atoms with van der Waals surface area (Å²) in [6, 6.07) is 0. The van der Waals surface area contributed by atoms with Gasteiger partial charge in [0.05, 0.1) is 12.5 Å². The van der Waals surface area contributed by atoms with Crippen LogP contribution >= 0.6 is 0 Å². The van der Waals surface area contributed by atoms with Gasteiger partial charge in [0.2, 0.25) is 5.88 Å². The Morgan fingerprint density at radius 2 is 2.46 bits per heavy atom. The Hall–Kier alpha value is -1.03. The summed E-state index contributed by atoms with van der Waals surface area (Å²) < 4.78 is 7.84. The summed E-state index contributed by atoms with van der Waals surface area (Å²) in [6.07, 6.45) is 3.57. The second kappa shape index (κ2) is 3.03. The molecule has 1 fully saturated rings. The fourth-order valence-corrected chi connectivity index (χ4v) is 1.43. The van der Waals surface area contributed by atoms with E-state index in [0.717, 1.165) is 25.5 Å². The largest absolute Gasteiger partial charge is 0.469 e. The van der Waals surface area contributed by atoms with Gasteiger partial charge < -0.3 is 14.6 Å². The van der Waals surface area contributed by atoms with E-state index >= 15 is 0 Å². The van der Waals surface area contributed by atoms with Gasteiger partial charge in [0, 0.05) is 19.6 Å². The number of aromatic nitrogens is 2. The molecule has 0 amide bonds. The van der Waals surface area contributed by atoms with Gasteiger partial charge in [0.1, 0.15) is 5.60 Å². The number of hydrogen-bond donors (Lipinski definition) is 1. The fourth-order valence-electron chi connectivity index (χ4n) is 1.43. The molecule has 0 unspecified atom stereocenters. The molecule has 0 aliphatic carbocycles. The summed E-state index contributed by atoms with van der Waals surface area (Å²) in [7, 11) is 0. The first-order valence-electron chi connectivity index (χ1n) is 4.63. The highest BCUT2D eigenvalue weighted by atomic mass is 16.5. The van der Waals surface area contributed by atoms with Crippen molar-refractivity contribution in [2.75, 3.05) is 13.1 Å². The molecule has 0 bridgehead atoms. The minimum atomic E-state index is -0.0348. The Balaban J connectivity index is 2.08. The maximum Gasteiger partial charge on any atom is 0.214 e. The summed E-state index contributed by atoms with van der Waals surface area (Å²) in [5.41, 5.74) is -0.0348. The molecule has 1 saturated heterocycles. The number of ether oxygens (including phenoxy) is 1. The average molecular weight is 181 g/mol. The van der Waals surface area contributed by atoms with Crippen LogP contribution in [0, 0.1) is 0 Å². The first-order valence-corrected chi connectivity index (χ1v) is 4.63. The van der Waals surface area contributed by atoms with Crippen LogP contribution in [0.4, 0.5) is 0 Å². The van der Waals surface area contributed by atoms with E-state index in [1.807, 2.05) is 4.57 Å². The summed E-state index contributed by atoms with van der Waals surface area (Å²) in [4.78, 5) is 4.05. The molecule has 0 spiro atoms. The van der Waals surface area contributed by atoms with Crippen LogP contribution in [0.15, 0.2) is 12.5 Å². The first-order chi connectivity index (χ1) is 6.23. The molecule has 0 radical (unpaired) electrons. The van der Waals surface area contributed by atoms with Crippen LogP contribution in [0.1, 0.15) is 13.8 Å². The van der Waals surface area contributed by atoms with Gasteiger partial charge in [-0.15, -0.1) is 0 Å². The molecule has 2 rings (SSSR count). The average Bonchev–Trinajstić information content (AvgIpc) is 2.49. The summed E-state index contributed by atoms with van der Waals surface area (Å²) >= 11 is 0. The van der Waals surface area contributed by atoms with E-state index in [0.29, 0.717) is 0 Å². The molecule has 1 N–H and O–H groups in total. The zero-order chi connectivity index (χ0) is 9.31. The SMILES string of the molecule is CCn1cncc1OC1(C)CNC1. The molecule has 2 heterocycles. The van der Waals surface area contributed by atoms with Gasteiger partial charge in [-0.2, -0.15) is 0 Å². The number of rotatable bonds is 3. The zero-order valence-corrected chi connectivity index (χ0v) is 8.08. The fraction of sp³-hybridized carbons (Fsp3) is 0.667. The van der Waals surface area contributed by atoms with Crippen molar-refractivity contribution in [3.63, 3.8) is 0 Å². The second-order valence-electron chi connectivity index (χ2n) is 3.67. The summed E-state index contributed by atoms with van der Waals surface area (Å²) in [6.45, 7) is 6.93. The van der Waals surface area contributed by atoms with Gasteiger partial charge in [0.15, 0.2) is 0 Å². The van der Waals surface area contributed by atoms with Gasteiger partial charge in [-0.1, -0.05) is 0 Å². The molecule has 0 saturated carbocycles. The van der Waals surface area contributed by atoms with E-state index in [4.69, 9.17) is 4.74 Å². The first kappa shape index (κ1) is 8.56. The van der Waals surface area contributed by atoms with Gasteiger partial charge in [0.25, 0.3) is 0 Å². The maximum absolute atomic E-state index is 5.84. The normalized spacial score (nSPS) is 19.5. The van der Waals surface area contributed by atoms with E-state index in [1.54, 1.807) is 12.5 Å². The molecule has 4 nitrogen and oxygen atoms in total. The van der Waals surface area contributed by atoms with Crippen LogP contribution in [0.5, 0.6) is 5.88 Å². The van der Waals surface area contributed by atoms with Crippen LogP contribution < -0.4 is 10.1 Å². The monoisotopic (exact) mass is 181 g/mol. The summed E-state index contributed by atoms with van der Waals surface area (Å²) in [5.74, 6) is 0.867. The Labute approximate surface area is 77.9 Å². The second-order valence-corrected chi connectivity index (χ2v) is 3.67. The Bertz CT molecular complexity index is 291. The van der Waals surface area contributed by atoms with E-state index in [9.17, 15) is 0 Å². The number of hydrogen-bond acceptors (Lipinski definition) is 3. The molecular weight excluding hydrogens is 166 g/mol. The van der Waals surface area contributed by atoms with Crippen LogP contribution in [-0.4, -0.2) is 28.2 Å². The highest BCUT2D eigenvalue weighted by Gasteiger charge is 2.34. The van der Waals surface area contributed by atoms with Gasteiger partial charge in [-0.05, 0) is 13.8 Å². The van der Waals surface area contributed by atoms with Crippen molar-refractivity contribution in [2.45, 2.75) is 26.0 Å². The number of aryl methyl sites for hydroxylation is 1. The Morgan fingerprint density at radius 3 is 3.00 bits per heavy atom. The van der Waals surface area contributed by atoms with Crippen LogP contribution in [0.2, 0.25) is 0 Å². The van der Waals surface area contributed by atoms with Crippen molar-refractivity contribution in [1.29, 1.82) is 0 Å². The topological polar surface area (TPSA) is 39.1 Å². The van der Waals surface area contributed by atoms with Crippen LogP contribution in [0.25, 0.3) is 0 Å². The number of nitrogens with one attached hydrogen (secondary N) is 1. The van der Waals surface area contributed by atoms with Crippen molar-refractivity contribution in [2.24, 2.45) is 0 Å². The van der Waals surface area contributed by atoms with Crippen molar-refractivity contribution < 1.29 is 4.74 Å². The summed E-state index contributed by atoms with van der Waals surface area (Å²) in [5, 5.41) is 3.20. The van der Waals surface area contributed by atoms with Gasteiger partial charge >= 0.3 is 0 Å². The highest BCUT2D eigenvalue weighted by molar-refractivity contribution is 5.09. The van der Waals surface area contributed by atoms with Gasteiger partial charge in [-0.25, -0.2) is 4.98 Å². The molecular formula is C9H15N3O. The quantitative estimate of drug-likeness (QED) is 0.744. The molecule has 1 aliphatic rings.